The summed E-state index contributed by atoms with van der Waals surface area (Å²) in [4.78, 5) is 0. The van der Waals surface area contributed by atoms with Crippen LogP contribution < -0.4 is 0 Å². The second kappa shape index (κ2) is 4.39. The van der Waals surface area contributed by atoms with E-state index in [4.69, 9.17) is 33.4 Å². The first-order chi connectivity index (χ1) is 3.63. The van der Waals surface area contributed by atoms with Crippen molar-refractivity contribution in [2.24, 2.45) is 0 Å². The van der Waals surface area contributed by atoms with Gasteiger partial charge in [-0.1, -0.05) is 23.2 Å². The number of hydrogen-bond acceptors (Lipinski definition) is 2. The fourth-order valence-electron chi connectivity index (χ4n) is 0.275. The molecule has 0 bridgehead atoms. The van der Waals surface area contributed by atoms with Crippen molar-refractivity contribution in [1.82, 2.24) is 0 Å². The molecule has 0 spiro atoms. The van der Waals surface area contributed by atoms with Crippen LogP contribution in [0.3, 0.4) is 0 Å². The number of aliphatic hydroxyl groups is 2. The van der Waals surface area contributed by atoms with E-state index in [1.54, 1.807) is 0 Å². The molecular formula is C4H8Cl2O2. The summed E-state index contributed by atoms with van der Waals surface area (Å²) in [5, 5.41) is 16.8. The quantitative estimate of drug-likeness (QED) is 0.600. The molecule has 0 aromatic heterocycles. The lowest BCUT2D eigenvalue weighted by atomic mass is 10.3. The van der Waals surface area contributed by atoms with Gasteiger partial charge in [-0.05, 0) is 12.8 Å². The molecule has 0 aromatic carbocycles. The smallest absolute Gasteiger partial charge is 0.128 e. The summed E-state index contributed by atoms with van der Waals surface area (Å²) in [6, 6.07) is 0. The topological polar surface area (TPSA) is 40.5 Å². The van der Waals surface area contributed by atoms with Crippen molar-refractivity contribution in [3.05, 3.63) is 0 Å². The monoisotopic (exact) mass is 158 g/mol. The van der Waals surface area contributed by atoms with E-state index < -0.39 is 11.1 Å². The first-order valence-electron chi connectivity index (χ1n) is 2.27. The third-order valence-corrected chi connectivity index (χ3v) is 1.08. The molecule has 0 aliphatic heterocycles. The maximum atomic E-state index is 8.40. The van der Waals surface area contributed by atoms with E-state index in [1.165, 1.54) is 0 Å². The Balaban J connectivity index is 2.93. The first kappa shape index (κ1) is 8.50. The fraction of sp³-hybridized carbons (Fsp3) is 1.00. The van der Waals surface area contributed by atoms with Gasteiger partial charge in [-0.3, -0.25) is 0 Å². The molecule has 0 radical (unpaired) electrons. The molecule has 0 heterocycles. The average molecular weight is 159 g/mol. The van der Waals surface area contributed by atoms with Crippen LogP contribution in [0, 0.1) is 0 Å². The molecule has 8 heavy (non-hydrogen) atoms. The van der Waals surface area contributed by atoms with Crippen LogP contribution in [0.5, 0.6) is 0 Å². The minimum absolute atomic E-state index is 0.326. The highest BCUT2D eigenvalue weighted by Crippen LogP contribution is 2.06. The predicted octanol–water partition coefficient (Wildman–Crippen LogP) is 0.881. The molecule has 0 saturated heterocycles. The Morgan fingerprint density at radius 2 is 1.25 bits per heavy atom. The third-order valence-electron chi connectivity index (χ3n) is 0.643. The Morgan fingerprint density at radius 3 is 1.38 bits per heavy atom. The number of alkyl halides is 2. The SMILES string of the molecule is OC(Cl)CCC(O)Cl. The average Bonchev–Trinajstić information content (AvgIpc) is 1.61. The lowest BCUT2D eigenvalue weighted by molar-refractivity contribution is 0.196. The van der Waals surface area contributed by atoms with E-state index in [1.807, 2.05) is 0 Å². The zero-order chi connectivity index (χ0) is 6.57. The fourth-order valence-corrected chi connectivity index (χ4v) is 0.527. The summed E-state index contributed by atoms with van der Waals surface area (Å²) >= 11 is 10.2. The van der Waals surface area contributed by atoms with Gasteiger partial charge in [-0.25, -0.2) is 0 Å². The van der Waals surface area contributed by atoms with Gasteiger partial charge in [0.25, 0.3) is 0 Å². The lowest BCUT2D eigenvalue weighted by Gasteiger charge is -2.01. The Kier molecular flexibility index (Phi) is 4.66. The third kappa shape index (κ3) is 6.50. The zero-order valence-corrected chi connectivity index (χ0v) is 5.73. The Labute approximate surface area is 58.0 Å². The first-order valence-corrected chi connectivity index (χ1v) is 3.14. The van der Waals surface area contributed by atoms with Crippen molar-refractivity contribution in [1.29, 1.82) is 0 Å². The largest absolute Gasteiger partial charge is 0.378 e. The van der Waals surface area contributed by atoms with Crippen molar-refractivity contribution in [2.45, 2.75) is 24.0 Å². The molecule has 0 amide bonds. The summed E-state index contributed by atoms with van der Waals surface area (Å²) in [6.45, 7) is 0. The summed E-state index contributed by atoms with van der Waals surface area (Å²) in [5.41, 5.74) is -1.77. The van der Waals surface area contributed by atoms with Crippen LogP contribution in [0.15, 0.2) is 0 Å². The molecule has 0 saturated carbocycles. The van der Waals surface area contributed by atoms with E-state index in [-0.39, 0.29) is 0 Å². The zero-order valence-electron chi connectivity index (χ0n) is 4.22. The summed E-state index contributed by atoms with van der Waals surface area (Å²) in [6.07, 6.45) is 0.651. The van der Waals surface area contributed by atoms with Crippen molar-refractivity contribution in [2.75, 3.05) is 0 Å². The summed E-state index contributed by atoms with van der Waals surface area (Å²) in [5.74, 6) is 0. The van der Waals surface area contributed by atoms with Gasteiger partial charge in [-0.15, -0.1) is 0 Å². The maximum absolute atomic E-state index is 8.40. The molecule has 0 aromatic rings. The van der Waals surface area contributed by atoms with Crippen molar-refractivity contribution >= 4 is 23.2 Å². The molecule has 0 aliphatic rings. The van der Waals surface area contributed by atoms with E-state index in [9.17, 15) is 0 Å². The highest BCUT2D eigenvalue weighted by molar-refractivity contribution is 6.20. The number of aliphatic hydroxyl groups excluding tert-OH is 2. The molecule has 2 nitrogen and oxygen atoms in total. The second-order valence-corrected chi connectivity index (χ2v) is 2.45. The summed E-state index contributed by atoms with van der Waals surface area (Å²) < 4.78 is 0. The molecule has 2 atom stereocenters. The van der Waals surface area contributed by atoms with Gasteiger partial charge in [0.1, 0.15) is 11.1 Å². The molecule has 2 unspecified atom stereocenters. The Hall–Kier alpha value is 0.500. The Bertz CT molecular complexity index is 48.0. The van der Waals surface area contributed by atoms with E-state index in [0.717, 1.165) is 0 Å². The molecule has 2 N–H and O–H groups in total. The number of hydrogen-bond donors (Lipinski definition) is 2. The maximum Gasteiger partial charge on any atom is 0.128 e. The van der Waals surface area contributed by atoms with Gasteiger partial charge >= 0.3 is 0 Å². The highest BCUT2D eigenvalue weighted by atomic mass is 35.5. The standard InChI is InChI=1S/C4H8Cl2O2/c5-3(7)1-2-4(6)8/h3-4,7-8H,1-2H2. The minimum atomic E-state index is -0.886. The number of halogens is 2. The van der Waals surface area contributed by atoms with E-state index in [2.05, 4.69) is 0 Å². The molecule has 4 heteroatoms. The van der Waals surface area contributed by atoms with Gasteiger partial charge in [0.2, 0.25) is 0 Å². The normalized spacial score (nSPS) is 18.0. The van der Waals surface area contributed by atoms with Crippen LogP contribution in [0.25, 0.3) is 0 Å². The van der Waals surface area contributed by atoms with Gasteiger partial charge in [0.15, 0.2) is 0 Å². The van der Waals surface area contributed by atoms with Gasteiger partial charge < -0.3 is 10.2 Å². The minimum Gasteiger partial charge on any atom is -0.378 e. The molecule has 50 valence electrons. The van der Waals surface area contributed by atoms with Crippen LogP contribution >= 0.6 is 23.2 Å². The van der Waals surface area contributed by atoms with Crippen LogP contribution in [-0.2, 0) is 0 Å². The van der Waals surface area contributed by atoms with Crippen LogP contribution in [0.1, 0.15) is 12.8 Å². The van der Waals surface area contributed by atoms with E-state index >= 15 is 0 Å². The van der Waals surface area contributed by atoms with Crippen molar-refractivity contribution < 1.29 is 10.2 Å². The predicted molar refractivity (Wildman–Crippen MR) is 33.0 cm³/mol. The van der Waals surface area contributed by atoms with Crippen LogP contribution in [0.4, 0.5) is 0 Å². The van der Waals surface area contributed by atoms with E-state index in [0.29, 0.717) is 12.8 Å². The second-order valence-electron chi connectivity index (χ2n) is 1.45. The van der Waals surface area contributed by atoms with Gasteiger partial charge in [-0.2, -0.15) is 0 Å². The molecular weight excluding hydrogens is 151 g/mol. The lowest BCUT2D eigenvalue weighted by Crippen LogP contribution is -2.01. The molecule has 0 rings (SSSR count). The van der Waals surface area contributed by atoms with Crippen molar-refractivity contribution in [3.8, 4) is 0 Å². The molecule has 0 aliphatic carbocycles. The summed E-state index contributed by atoms with van der Waals surface area (Å²) in [7, 11) is 0. The van der Waals surface area contributed by atoms with Crippen molar-refractivity contribution in [3.63, 3.8) is 0 Å². The number of rotatable bonds is 3. The Morgan fingerprint density at radius 1 is 1.00 bits per heavy atom. The van der Waals surface area contributed by atoms with Crippen LogP contribution in [-0.4, -0.2) is 21.3 Å². The van der Waals surface area contributed by atoms with Gasteiger partial charge in [0, 0.05) is 0 Å². The highest BCUT2D eigenvalue weighted by Gasteiger charge is 2.01. The van der Waals surface area contributed by atoms with Crippen LogP contribution in [0.2, 0.25) is 0 Å². The van der Waals surface area contributed by atoms with Gasteiger partial charge in [0.05, 0.1) is 0 Å². The molecule has 0 fully saturated rings.